The highest BCUT2D eigenvalue weighted by Gasteiger charge is 2.11. The van der Waals surface area contributed by atoms with Gasteiger partial charge in [0.1, 0.15) is 0 Å². The van der Waals surface area contributed by atoms with Crippen LogP contribution in [0.3, 0.4) is 0 Å². The van der Waals surface area contributed by atoms with Crippen molar-refractivity contribution in [3.8, 4) is 5.75 Å². The molecule has 2 nitrogen and oxygen atoms in total. The topological polar surface area (TPSA) is 35.2 Å². The Morgan fingerprint density at radius 3 is 2.35 bits per heavy atom. The van der Waals surface area contributed by atoms with Gasteiger partial charge in [-0.2, -0.15) is 0 Å². The summed E-state index contributed by atoms with van der Waals surface area (Å²) in [6.45, 7) is 4.14. The Morgan fingerprint density at radius 2 is 1.75 bits per heavy atom. The molecule has 0 saturated carbocycles. The van der Waals surface area contributed by atoms with Gasteiger partial charge in [0.05, 0.1) is 7.11 Å². The number of nitrogens with two attached hydrogens (primary N) is 1. The number of hydrogen-bond donors (Lipinski definition) is 1. The lowest BCUT2D eigenvalue weighted by atomic mass is 9.97. The lowest BCUT2D eigenvalue weighted by Gasteiger charge is -2.14. The molecule has 2 rings (SSSR count). The molecule has 0 aliphatic heterocycles. The molecule has 2 aromatic carbocycles. The predicted molar refractivity (Wildman–Crippen MR) is 79.5 cm³/mol. The molecule has 3 heteroatoms. The third kappa shape index (κ3) is 3.36. The van der Waals surface area contributed by atoms with Crippen molar-refractivity contribution in [3.05, 3.63) is 64.5 Å². The van der Waals surface area contributed by atoms with E-state index >= 15 is 0 Å². The summed E-state index contributed by atoms with van der Waals surface area (Å²) in [4.78, 5) is 0. The van der Waals surface area contributed by atoms with E-state index < -0.39 is 0 Å². The van der Waals surface area contributed by atoms with Crippen molar-refractivity contribution < 1.29 is 9.13 Å². The number of benzene rings is 2. The third-order valence-corrected chi connectivity index (χ3v) is 3.34. The molecule has 106 valence electrons. The third-order valence-electron chi connectivity index (χ3n) is 3.34. The highest BCUT2D eigenvalue weighted by Crippen LogP contribution is 2.24. The number of halogens is 1. The Morgan fingerprint density at radius 1 is 1.10 bits per heavy atom. The fraction of sp³-hybridized carbons (Fsp3) is 0.294. The quantitative estimate of drug-likeness (QED) is 0.922. The van der Waals surface area contributed by atoms with Crippen molar-refractivity contribution >= 4 is 0 Å². The fourth-order valence-corrected chi connectivity index (χ4v) is 2.47. The van der Waals surface area contributed by atoms with E-state index in [1.807, 2.05) is 0 Å². The minimum Gasteiger partial charge on any atom is -0.494 e. The monoisotopic (exact) mass is 273 g/mol. The maximum absolute atomic E-state index is 13.4. The van der Waals surface area contributed by atoms with Gasteiger partial charge >= 0.3 is 0 Å². The van der Waals surface area contributed by atoms with E-state index in [4.69, 9.17) is 10.5 Å². The number of rotatable bonds is 4. The van der Waals surface area contributed by atoms with Gasteiger partial charge in [0.25, 0.3) is 0 Å². The fourth-order valence-electron chi connectivity index (χ4n) is 2.47. The van der Waals surface area contributed by atoms with Crippen LogP contribution in [-0.2, 0) is 6.42 Å². The molecule has 2 aromatic rings. The van der Waals surface area contributed by atoms with Crippen LogP contribution in [0.25, 0.3) is 0 Å². The van der Waals surface area contributed by atoms with Gasteiger partial charge in [0.2, 0.25) is 0 Å². The molecule has 1 atom stereocenters. The van der Waals surface area contributed by atoms with Gasteiger partial charge < -0.3 is 10.5 Å². The summed E-state index contributed by atoms with van der Waals surface area (Å²) < 4.78 is 18.4. The molecular formula is C17H20FNO. The smallest absolute Gasteiger partial charge is 0.165 e. The van der Waals surface area contributed by atoms with Crippen LogP contribution in [0.1, 0.15) is 28.3 Å². The van der Waals surface area contributed by atoms with Crippen molar-refractivity contribution in [2.75, 3.05) is 7.11 Å². The van der Waals surface area contributed by atoms with Crippen molar-refractivity contribution in [3.63, 3.8) is 0 Å². The van der Waals surface area contributed by atoms with Gasteiger partial charge in [-0.05, 0) is 43.5 Å². The lowest BCUT2D eigenvalue weighted by molar-refractivity contribution is 0.385. The second-order valence-electron chi connectivity index (χ2n) is 5.20. The van der Waals surface area contributed by atoms with E-state index in [0.29, 0.717) is 0 Å². The van der Waals surface area contributed by atoms with E-state index in [1.54, 1.807) is 12.1 Å². The zero-order valence-corrected chi connectivity index (χ0v) is 12.1. The van der Waals surface area contributed by atoms with Crippen LogP contribution in [-0.4, -0.2) is 7.11 Å². The molecule has 0 heterocycles. The average Bonchev–Trinajstić information content (AvgIpc) is 2.37. The number of aryl methyl sites for hydroxylation is 2. The number of hydrogen-bond acceptors (Lipinski definition) is 2. The van der Waals surface area contributed by atoms with Crippen molar-refractivity contribution in [2.45, 2.75) is 26.3 Å². The molecule has 0 aromatic heterocycles. The maximum atomic E-state index is 13.4. The molecule has 0 fully saturated rings. The lowest BCUT2D eigenvalue weighted by Crippen LogP contribution is -2.13. The Labute approximate surface area is 119 Å². The van der Waals surface area contributed by atoms with Crippen LogP contribution < -0.4 is 10.5 Å². The zero-order chi connectivity index (χ0) is 14.7. The van der Waals surface area contributed by atoms with Crippen LogP contribution in [0.15, 0.2) is 36.4 Å². The van der Waals surface area contributed by atoms with Gasteiger partial charge in [-0.15, -0.1) is 0 Å². The van der Waals surface area contributed by atoms with Crippen LogP contribution >= 0.6 is 0 Å². The van der Waals surface area contributed by atoms with E-state index in [9.17, 15) is 4.39 Å². The van der Waals surface area contributed by atoms with Crippen LogP contribution in [0.2, 0.25) is 0 Å². The standard InChI is InChI=1S/C17H20FNO/c1-11-6-12(2)8-13(7-11)9-16(19)14-4-5-15(18)17(10-14)20-3/h4-8,10,16H,9,19H2,1-3H3. The van der Waals surface area contributed by atoms with Gasteiger partial charge in [0.15, 0.2) is 11.6 Å². The summed E-state index contributed by atoms with van der Waals surface area (Å²) in [6.07, 6.45) is 0.720. The Kier molecular flexibility index (Phi) is 4.40. The zero-order valence-electron chi connectivity index (χ0n) is 12.1. The minimum atomic E-state index is -0.366. The van der Waals surface area contributed by atoms with Gasteiger partial charge in [0, 0.05) is 6.04 Å². The Hall–Kier alpha value is -1.87. The molecule has 1 unspecified atom stereocenters. The SMILES string of the molecule is COc1cc(C(N)Cc2cc(C)cc(C)c2)ccc1F. The van der Waals surface area contributed by atoms with E-state index in [1.165, 1.54) is 29.9 Å². The maximum Gasteiger partial charge on any atom is 0.165 e. The van der Waals surface area contributed by atoms with Crippen molar-refractivity contribution in [2.24, 2.45) is 5.73 Å². The first-order valence-electron chi connectivity index (χ1n) is 6.66. The van der Waals surface area contributed by atoms with E-state index in [0.717, 1.165) is 12.0 Å². The van der Waals surface area contributed by atoms with Gasteiger partial charge in [-0.25, -0.2) is 4.39 Å². The number of methoxy groups -OCH3 is 1. The summed E-state index contributed by atoms with van der Waals surface area (Å²) in [5.74, 6) is -0.131. The normalized spacial score (nSPS) is 12.2. The largest absolute Gasteiger partial charge is 0.494 e. The molecule has 2 N–H and O–H groups in total. The first-order chi connectivity index (χ1) is 9.49. The molecule has 0 saturated heterocycles. The second kappa shape index (κ2) is 6.06. The highest BCUT2D eigenvalue weighted by molar-refractivity contribution is 5.34. The summed E-state index contributed by atoms with van der Waals surface area (Å²) in [5.41, 5.74) is 10.7. The van der Waals surface area contributed by atoms with E-state index in [2.05, 4.69) is 32.0 Å². The molecule has 0 spiro atoms. The molecule has 0 bridgehead atoms. The van der Waals surface area contributed by atoms with Crippen LogP contribution in [0, 0.1) is 19.7 Å². The summed E-state index contributed by atoms with van der Waals surface area (Å²) >= 11 is 0. The minimum absolute atomic E-state index is 0.175. The first-order valence-corrected chi connectivity index (χ1v) is 6.66. The van der Waals surface area contributed by atoms with E-state index in [-0.39, 0.29) is 17.6 Å². The first kappa shape index (κ1) is 14.5. The highest BCUT2D eigenvalue weighted by atomic mass is 19.1. The van der Waals surface area contributed by atoms with Crippen LogP contribution in [0.4, 0.5) is 4.39 Å². The summed E-state index contributed by atoms with van der Waals surface area (Å²) in [6, 6.07) is 11.0. The Bertz CT molecular complexity index is 590. The average molecular weight is 273 g/mol. The van der Waals surface area contributed by atoms with Crippen molar-refractivity contribution in [1.29, 1.82) is 0 Å². The second-order valence-corrected chi connectivity index (χ2v) is 5.20. The molecule has 20 heavy (non-hydrogen) atoms. The molecule has 0 aliphatic rings. The predicted octanol–water partition coefficient (Wildman–Crippen LogP) is 3.69. The number of ether oxygens (including phenoxy) is 1. The van der Waals surface area contributed by atoms with Gasteiger partial charge in [-0.1, -0.05) is 35.4 Å². The summed E-state index contributed by atoms with van der Waals surface area (Å²) in [7, 11) is 1.46. The van der Waals surface area contributed by atoms with Gasteiger partial charge in [-0.3, -0.25) is 0 Å². The molecule has 0 radical (unpaired) electrons. The molecule has 0 aliphatic carbocycles. The molecular weight excluding hydrogens is 253 g/mol. The van der Waals surface area contributed by atoms with Crippen LogP contribution in [0.5, 0.6) is 5.75 Å². The summed E-state index contributed by atoms with van der Waals surface area (Å²) in [5, 5.41) is 0. The molecule has 0 amide bonds. The van der Waals surface area contributed by atoms with Crippen molar-refractivity contribution in [1.82, 2.24) is 0 Å². The Balaban J connectivity index is 2.21.